The van der Waals surface area contributed by atoms with Gasteiger partial charge in [-0.15, -0.1) is 5.73 Å². The van der Waals surface area contributed by atoms with Gasteiger partial charge in [0.15, 0.2) is 28.5 Å². The highest BCUT2D eigenvalue weighted by atomic mass is 35.6. The van der Waals surface area contributed by atoms with Gasteiger partial charge in [0.05, 0.1) is 5.56 Å². The topological polar surface area (TPSA) is 144 Å². The summed E-state index contributed by atoms with van der Waals surface area (Å²) < 4.78 is 5.28. The number of anilines is 1. The number of hydrogen-bond acceptors (Lipinski definition) is 10. The number of piperidine rings is 1. The summed E-state index contributed by atoms with van der Waals surface area (Å²) in [5.74, 6) is -1.60. The summed E-state index contributed by atoms with van der Waals surface area (Å²) in [7, 11) is 0. The van der Waals surface area contributed by atoms with Crippen LogP contribution in [0.3, 0.4) is 0 Å². The molecular formula is C39H39Cl6N7O5S. The zero-order valence-electron chi connectivity index (χ0n) is 31.4. The first kappa shape index (κ1) is 45.4. The maximum absolute atomic E-state index is 13.4. The molecule has 2 aromatic heterocycles. The van der Waals surface area contributed by atoms with Crippen LogP contribution in [0.25, 0.3) is 17.5 Å². The van der Waals surface area contributed by atoms with E-state index in [2.05, 4.69) is 26.0 Å². The molecule has 12 nitrogen and oxygen atoms in total. The van der Waals surface area contributed by atoms with Crippen LogP contribution in [0, 0.1) is 4.77 Å². The second kappa shape index (κ2) is 20.1. The minimum Gasteiger partial charge on any atom is -0.494 e. The average Bonchev–Trinajstić information content (AvgIpc) is 3.19. The highest BCUT2D eigenvalue weighted by Gasteiger charge is 2.34. The number of esters is 1. The smallest absolute Gasteiger partial charge is 0.340 e. The Morgan fingerprint density at radius 2 is 1.48 bits per heavy atom. The summed E-state index contributed by atoms with van der Waals surface area (Å²) in [5, 5.41) is 13.9. The Kier molecular flexibility index (Phi) is 15.7. The molecule has 5 rings (SSSR count). The zero-order chi connectivity index (χ0) is 42.2. The first-order chi connectivity index (χ1) is 27.5. The lowest BCUT2D eigenvalue weighted by Gasteiger charge is -2.33. The molecule has 0 spiro atoms. The van der Waals surface area contributed by atoms with E-state index < -0.39 is 25.7 Å². The number of carbonyl (C=O) groups excluding carboxylic acids is 2. The predicted molar refractivity (Wildman–Crippen MR) is 231 cm³/mol. The number of rotatable bonds is 13. The minimum absolute atomic E-state index is 0.0738. The molecule has 4 aromatic rings. The third-order valence-electron chi connectivity index (χ3n) is 9.03. The van der Waals surface area contributed by atoms with Crippen molar-refractivity contribution in [3.8, 4) is 17.3 Å². The Balaban J connectivity index is 1.25. The van der Waals surface area contributed by atoms with Crippen molar-refractivity contribution in [2.45, 2.75) is 85.7 Å². The van der Waals surface area contributed by atoms with Crippen LogP contribution in [-0.4, -0.2) is 58.7 Å². The molecule has 0 aliphatic carbocycles. The molecule has 308 valence electrons. The molecule has 1 unspecified atom stereocenters. The van der Waals surface area contributed by atoms with Gasteiger partial charge in [0.2, 0.25) is 13.5 Å². The Hall–Kier alpha value is -3.65. The second-order valence-corrected chi connectivity index (χ2v) is 18.2. The molecule has 0 radical (unpaired) electrons. The van der Waals surface area contributed by atoms with E-state index in [1.54, 1.807) is 35.0 Å². The van der Waals surface area contributed by atoms with Crippen molar-refractivity contribution in [3.63, 3.8) is 0 Å². The van der Waals surface area contributed by atoms with Gasteiger partial charge < -0.3 is 20.1 Å². The normalized spacial score (nSPS) is 14.4. The maximum Gasteiger partial charge on any atom is 0.340 e. The Morgan fingerprint density at radius 3 is 2.07 bits per heavy atom. The lowest BCUT2D eigenvalue weighted by atomic mass is 10.1. The molecule has 2 N–H and O–H groups in total. The second-order valence-electron chi connectivity index (χ2n) is 13.3. The molecule has 2 aromatic carbocycles. The van der Waals surface area contributed by atoms with Crippen LogP contribution >= 0.6 is 81.8 Å². The van der Waals surface area contributed by atoms with E-state index in [4.69, 9.17) is 86.6 Å². The lowest BCUT2D eigenvalue weighted by Crippen LogP contribution is -2.38. The van der Waals surface area contributed by atoms with Crippen molar-refractivity contribution in [2.75, 3.05) is 11.9 Å². The largest absolute Gasteiger partial charge is 0.494 e. The van der Waals surface area contributed by atoms with Gasteiger partial charge in [-0.3, -0.25) is 18.7 Å². The fourth-order valence-corrected chi connectivity index (χ4v) is 6.75. The first-order valence-electron chi connectivity index (χ1n) is 18.4. The Labute approximate surface area is 370 Å². The van der Waals surface area contributed by atoms with Crippen LogP contribution in [0.2, 0.25) is 0 Å². The number of likely N-dealkylation sites (tertiary alicyclic amines) is 1. The van der Waals surface area contributed by atoms with Gasteiger partial charge in [0.25, 0.3) is 11.5 Å². The molecule has 1 aliphatic heterocycles. The van der Waals surface area contributed by atoms with Crippen molar-refractivity contribution in [1.29, 1.82) is 0 Å². The molecule has 1 amide bonds. The fourth-order valence-electron chi connectivity index (χ4n) is 5.89. The summed E-state index contributed by atoms with van der Waals surface area (Å²) >= 11 is 41.5. The van der Waals surface area contributed by atoms with Crippen LogP contribution in [0.15, 0.2) is 65.3 Å². The lowest BCUT2D eigenvalue weighted by molar-refractivity contribution is -0.0303. The van der Waals surface area contributed by atoms with E-state index in [1.165, 1.54) is 34.9 Å². The number of nitrogens with one attached hydrogen (secondary N) is 1. The van der Waals surface area contributed by atoms with E-state index in [0.717, 1.165) is 38.5 Å². The van der Waals surface area contributed by atoms with Crippen molar-refractivity contribution >= 4 is 105 Å². The summed E-state index contributed by atoms with van der Waals surface area (Å²) in [5.41, 5.74) is 4.20. The summed E-state index contributed by atoms with van der Waals surface area (Å²) in [4.78, 5) is 53.9. The summed E-state index contributed by atoms with van der Waals surface area (Å²) in [6.45, 7) is 5.60. The van der Waals surface area contributed by atoms with Crippen molar-refractivity contribution < 1.29 is 19.4 Å². The molecule has 58 heavy (non-hydrogen) atoms. The van der Waals surface area contributed by atoms with E-state index in [1.807, 2.05) is 18.7 Å². The van der Waals surface area contributed by atoms with E-state index >= 15 is 0 Å². The first-order valence-corrected chi connectivity index (χ1v) is 21.1. The van der Waals surface area contributed by atoms with Gasteiger partial charge in [0, 0.05) is 49.1 Å². The van der Waals surface area contributed by atoms with Gasteiger partial charge >= 0.3 is 5.97 Å². The number of hydrogen-bond donors (Lipinski definition) is 2. The average molecular weight is 931 g/mol. The van der Waals surface area contributed by atoms with E-state index in [0.29, 0.717) is 47.6 Å². The van der Waals surface area contributed by atoms with E-state index in [-0.39, 0.29) is 40.0 Å². The van der Waals surface area contributed by atoms with Crippen molar-refractivity contribution in [1.82, 2.24) is 29.0 Å². The molecule has 0 saturated carbocycles. The molecule has 1 aliphatic rings. The number of unbranched alkanes of at least 4 members (excludes halogenated alkanes) is 2. The summed E-state index contributed by atoms with van der Waals surface area (Å²) in [6, 6.07) is 12.5. The highest BCUT2D eigenvalue weighted by Crippen LogP contribution is 2.41. The van der Waals surface area contributed by atoms with Crippen molar-refractivity contribution in [3.05, 3.63) is 104 Å². The molecular weight excluding hydrogens is 891 g/mol. The van der Waals surface area contributed by atoms with Gasteiger partial charge in [-0.25, -0.2) is 19.7 Å². The maximum atomic E-state index is 13.4. The SMILES string of the molecule is CCCCn1c(O)c(C=C=CN2CCCCC2OC(=O)c2ccc(C(=O)Nc3ccc(-c4nc(C(Cl)(Cl)Cl)nc(C(Cl)(Cl)Cl)n4)cc3)cc2)c(=O)n(CCCC)c1=S. The third kappa shape index (κ3) is 11.5. The molecule has 19 heteroatoms. The van der Waals surface area contributed by atoms with Gasteiger partial charge in [-0.1, -0.05) is 96.3 Å². The molecule has 3 heterocycles. The van der Waals surface area contributed by atoms with Crippen LogP contribution in [0.1, 0.15) is 96.7 Å². The number of aromatic hydroxyl groups is 1. The van der Waals surface area contributed by atoms with Crippen LogP contribution in [0.4, 0.5) is 5.69 Å². The third-order valence-corrected chi connectivity index (χ3v) is 10.5. The monoisotopic (exact) mass is 927 g/mol. The number of nitrogens with zero attached hydrogens (tertiary/aromatic N) is 6. The van der Waals surface area contributed by atoms with E-state index in [9.17, 15) is 19.5 Å². The number of alkyl halides is 6. The molecule has 0 bridgehead atoms. The Bertz CT molecular complexity index is 2270. The zero-order valence-corrected chi connectivity index (χ0v) is 36.7. The number of carbonyl (C=O) groups is 2. The number of ether oxygens (including phenoxy) is 1. The summed E-state index contributed by atoms with van der Waals surface area (Å²) in [6.07, 6.45) is 8.11. The van der Waals surface area contributed by atoms with Gasteiger partial charge in [-0.2, -0.15) is 0 Å². The number of halogens is 6. The predicted octanol–water partition coefficient (Wildman–Crippen LogP) is 10.2. The standard InChI is InChI=1S/C39H39Cl6N7O5S/c1-3-5-22-51-32(54)28(33(55)52(37(51)58)23-6-4-2)10-9-21-50-20-8-7-11-29(50)57-34(56)26-14-12-25(13-15-26)31(53)46-27-18-16-24(17-19-27)30-47-35(38(40,41)42)49-36(48-30)39(43,44)45/h10,12-19,21,29,54H,3-8,11,20,22-23H2,1-2H3,(H,46,53). The van der Waals surface area contributed by atoms with Crippen LogP contribution in [-0.2, 0) is 25.4 Å². The minimum atomic E-state index is -2.01. The van der Waals surface area contributed by atoms with Crippen molar-refractivity contribution in [2.24, 2.45) is 0 Å². The van der Waals surface area contributed by atoms with Crippen LogP contribution < -0.4 is 10.9 Å². The Morgan fingerprint density at radius 1 is 0.897 bits per heavy atom. The molecule has 1 saturated heterocycles. The highest BCUT2D eigenvalue weighted by molar-refractivity contribution is 7.71. The quantitative estimate of drug-likeness (QED) is 0.0575. The molecule has 1 atom stereocenters. The van der Waals surface area contributed by atoms with Gasteiger partial charge in [-0.05, 0) is 92.5 Å². The fraction of sp³-hybridized carbons (Fsp3) is 0.385. The van der Waals surface area contributed by atoms with Crippen LogP contribution in [0.5, 0.6) is 5.88 Å². The molecule has 1 fully saturated rings. The van der Waals surface area contributed by atoms with Gasteiger partial charge in [0.1, 0.15) is 5.56 Å². The number of benzene rings is 2. The number of aromatic nitrogens is 5. The number of amides is 1.